The molecule has 0 saturated carbocycles. The topological polar surface area (TPSA) is 50.5 Å². The monoisotopic (exact) mass is 223 g/mol. The third kappa shape index (κ3) is 3.62. The van der Waals surface area contributed by atoms with Gasteiger partial charge in [-0.2, -0.15) is 0 Å². The Morgan fingerprint density at radius 2 is 2.12 bits per heavy atom. The molecule has 3 N–H and O–H groups in total. The van der Waals surface area contributed by atoms with Gasteiger partial charge in [0.15, 0.2) is 0 Å². The molecule has 0 unspecified atom stereocenters. The van der Waals surface area contributed by atoms with Crippen LogP contribution in [0.1, 0.15) is 6.42 Å². The minimum Gasteiger partial charge on any atom is -0.497 e. The van der Waals surface area contributed by atoms with Gasteiger partial charge in [-0.25, -0.2) is 0 Å². The molecule has 16 heavy (non-hydrogen) atoms. The molecule has 4 nitrogen and oxygen atoms in total. The lowest BCUT2D eigenvalue weighted by atomic mass is 10.2. The maximum atomic E-state index is 5.81. The van der Waals surface area contributed by atoms with Crippen molar-refractivity contribution in [2.75, 3.05) is 44.9 Å². The second-order valence-electron chi connectivity index (χ2n) is 3.84. The molecule has 4 heteroatoms. The number of nitrogens with one attached hydrogen (secondary N) is 1. The minimum atomic E-state index is 0.731. The molecule has 0 aliphatic carbocycles. The van der Waals surface area contributed by atoms with E-state index >= 15 is 0 Å². The number of nitrogen functional groups attached to an aromatic ring is 1. The first kappa shape index (κ1) is 12.6. The first-order valence-corrected chi connectivity index (χ1v) is 5.47. The van der Waals surface area contributed by atoms with Crippen molar-refractivity contribution in [3.63, 3.8) is 0 Å². The summed E-state index contributed by atoms with van der Waals surface area (Å²) in [5, 5.41) is 3.13. The summed E-state index contributed by atoms with van der Waals surface area (Å²) in [5.41, 5.74) is 7.63. The first-order chi connectivity index (χ1) is 7.67. The van der Waals surface area contributed by atoms with E-state index in [1.807, 2.05) is 25.2 Å². The molecule has 0 aliphatic heterocycles. The smallest absolute Gasteiger partial charge is 0.122 e. The van der Waals surface area contributed by atoms with Crippen LogP contribution in [-0.2, 0) is 0 Å². The average molecular weight is 223 g/mol. The molecule has 90 valence electrons. The van der Waals surface area contributed by atoms with Gasteiger partial charge in [-0.3, -0.25) is 0 Å². The van der Waals surface area contributed by atoms with E-state index in [0.29, 0.717) is 0 Å². The van der Waals surface area contributed by atoms with E-state index in [0.717, 1.165) is 36.6 Å². The van der Waals surface area contributed by atoms with Crippen LogP contribution in [-0.4, -0.2) is 34.3 Å². The summed E-state index contributed by atoms with van der Waals surface area (Å²) in [6, 6.07) is 5.78. The highest BCUT2D eigenvalue weighted by Crippen LogP contribution is 2.24. The van der Waals surface area contributed by atoms with E-state index in [1.54, 1.807) is 7.11 Å². The maximum Gasteiger partial charge on any atom is 0.122 e. The molecule has 0 radical (unpaired) electrons. The van der Waals surface area contributed by atoms with Crippen molar-refractivity contribution in [3.8, 4) is 5.75 Å². The minimum absolute atomic E-state index is 0.731. The van der Waals surface area contributed by atoms with Crippen LogP contribution < -0.4 is 20.7 Å². The van der Waals surface area contributed by atoms with E-state index in [4.69, 9.17) is 10.5 Å². The molecule has 0 aliphatic rings. The molecule has 0 heterocycles. The second-order valence-corrected chi connectivity index (χ2v) is 3.84. The quantitative estimate of drug-likeness (QED) is 0.564. The molecule has 0 aromatic heterocycles. The van der Waals surface area contributed by atoms with Crippen LogP contribution in [0.5, 0.6) is 5.75 Å². The molecule has 0 atom stereocenters. The first-order valence-electron chi connectivity index (χ1n) is 5.47. The van der Waals surface area contributed by atoms with Crippen molar-refractivity contribution in [2.24, 2.45) is 0 Å². The molecule has 0 bridgehead atoms. The summed E-state index contributed by atoms with van der Waals surface area (Å²) in [5.74, 6) is 0.801. The van der Waals surface area contributed by atoms with Crippen molar-refractivity contribution < 1.29 is 4.74 Å². The number of hydrogen-bond acceptors (Lipinski definition) is 4. The Morgan fingerprint density at radius 3 is 2.75 bits per heavy atom. The van der Waals surface area contributed by atoms with Gasteiger partial charge in [0.05, 0.1) is 7.11 Å². The van der Waals surface area contributed by atoms with Gasteiger partial charge in [0, 0.05) is 37.1 Å². The highest BCUT2D eigenvalue weighted by molar-refractivity contribution is 5.60. The Balaban J connectivity index is 2.66. The Bertz CT molecular complexity index is 328. The largest absolute Gasteiger partial charge is 0.497 e. The molecule has 0 fully saturated rings. The van der Waals surface area contributed by atoms with Gasteiger partial charge in [-0.1, -0.05) is 0 Å². The number of methoxy groups -OCH3 is 1. The van der Waals surface area contributed by atoms with Crippen molar-refractivity contribution in [2.45, 2.75) is 6.42 Å². The fourth-order valence-electron chi connectivity index (χ4n) is 1.57. The lowest BCUT2D eigenvalue weighted by molar-refractivity contribution is 0.415. The van der Waals surface area contributed by atoms with E-state index in [9.17, 15) is 0 Å². The zero-order valence-corrected chi connectivity index (χ0v) is 10.3. The number of ether oxygens (including phenoxy) is 1. The second kappa shape index (κ2) is 6.23. The number of hydrogen-bond donors (Lipinski definition) is 2. The van der Waals surface area contributed by atoms with Gasteiger partial charge in [-0.05, 0) is 26.1 Å². The van der Waals surface area contributed by atoms with Gasteiger partial charge in [0.25, 0.3) is 0 Å². The van der Waals surface area contributed by atoms with Crippen molar-refractivity contribution in [1.29, 1.82) is 0 Å². The summed E-state index contributed by atoms with van der Waals surface area (Å²) in [6.07, 6.45) is 1.10. The standard InChI is InChI=1S/C12H21N3O/c1-14-5-4-6-15(2)11-7-10(13)8-12(9-11)16-3/h7-9,14H,4-6,13H2,1-3H3. The SMILES string of the molecule is CNCCCN(C)c1cc(N)cc(OC)c1. The third-order valence-electron chi connectivity index (χ3n) is 2.51. The molecule has 1 rings (SSSR count). The molecular weight excluding hydrogens is 202 g/mol. The molecule has 1 aromatic carbocycles. The van der Waals surface area contributed by atoms with Crippen molar-refractivity contribution >= 4 is 11.4 Å². The number of anilines is 2. The third-order valence-corrected chi connectivity index (χ3v) is 2.51. The van der Waals surface area contributed by atoms with Crippen LogP contribution in [0, 0.1) is 0 Å². The van der Waals surface area contributed by atoms with Gasteiger partial charge < -0.3 is 20.7 Å². The lowest BCUT2D eigenvalue weighted by Crippen LogP contribution is -2.22. The Morgan fingerprint density at radius 1 is 1.38 bits per heavy atom. The predicted molar refractivity (Wildman–Crippen MR) is 69.2 cm³/mol. The fraction of sp³-hybridized carbons (Fsp3) is 0.500. The number of benzene rings is 1. The van der Waals surface area contributed by atoms with Gasteiger partial charge in [-0.15, -0.1) is 0 Å². The van der Waals surface area contributed by atoms with E-state index in [2.05, 4.69) is 17.3 Å². The Kier molecular flexibility index (Phi) is 4.92. The average Bonchev–Trinajstić information content (AvgIpc) is 2.28. The van der Waals surface area contributed by atoms with E-state index < -0.39 is 0 Å². The molecule has 1 aromatic rings. The lowest BCUT2D eigenvalue weighted by Gasteiger charge is -2.20. The Hall–Kier alpha value is -1.42. The number of nitrogens with two attached hydrogens (primary N) is 1. The number of nitrogens with zero attached hydrogens (tertiary/aromatic N) is 1. The summed E-state index contributed by atoms with van der Waals surface area (Å²) in [4.78, 5) is 2.18. The fourth-order valence-corrected chi connectivity index (χ4v) is 1.57. The number of rotatable bonds is 6. The van der Waals surface area contributed by atoms with Gasteiger partial charge in [0.2, 0.25) is 0 Å². The maximum absolute atomic E-state index is 5.81. The van der Waals surface area contributed by atoms with Crippen LogP contribution >= 0.6 is 0 Å². The van der Waals surface area contributed by atoms with Gasteiger partial charge in [0.1, 0.15) is 5.75 Å². The predicted octanol–water partition coefficient (Wildman–Crippen LogP) is 1.32. The summed E-state index contributed by atoms with van der Waals surface area (Å²) < 4.78 is 5.19. The van der Waals surface area contributed by atoms with Crippen LogP contribution in [0.4, 0.5) is 11.4 Å². The summed E-state index contributed by atoms with van der Waals surface area (Å²) >= 11 is 0. The zero-order valence-electron chi connectivity index (χ0n) is 10.3. The van der Waals surface area contributed by atoms with Crippen molar-refractivity contribution in [3.05, 3.63) is 18.2 Å². The molecular formula is C12H21N3O. The van der Waals surface area contributed by atoms with E-state index in [1.165, 1.54) is 0 Å². The Labute approximate surface area is 97.4 Å². The van der Waals surface area contributed by atoms with Crippen LogP contribution in [0.25, 0.3) is 0 Å². The van der Waals surface area contributed by atoms with Crippen LogP contribution in [0.15, 0.2) is 18.2 Å². The summed E-state index contributed by atoms with van der Waals surface area (Å²) in [7, 11) is 5.67. The highest BCUT2D eigenvalue weighted by Gasteiger charge is 2.03. The van der Waals surface area contributed by atoms with Crippen LogP contribution in [0.3, 0.4) is 0 Å². The van der Waals surface area contributed by atoms with Gasteiger partial charge >= 0.3 is 0 Å². The molecule has 0 amide bonds. The summed E-state index contributed by atoms with van der Waals surface area (Å²) in [6.45, 7) is 2.01. The van der Waals surface area contributed by atoms with E-state index in [-0.39, 0.29) is 0 Å². The molecule has 0 spiro atoms. The normalized spacial score (nSPS) is 10.2. The van der Waals surface area contributed by atoms with Crippen LogP contribution in [0.2, 0.25) is 0 Å². The highest BCUT2D eigenvalue weighted by atomic mass is 16.5. The molecule has 0 saturated heterocycles. The zero-order chi connectivity index (χ0) is 12.0. The van der Waals surface area contributed by atoms with Crippen molar-refractivity contribution in [1.82, 2.24) is 5.32 Å².